The van der Waals surface area contributed by atoms with Crippen molar-refractivity contribution < 1.29 is 28.7 Å². The Bertz CT molecular complexity index is 1470. The molecule has 0 unspecified atom stereocenters. The predicted octanol–water partition coefficient (Wildman–Crippen LogP) is 4.76. The van der Waals surface area contributed by atoms with E-state index >= 15 is 0 Å². The number of carbonyl (C=O) groups is 1. The molecular formula is C26H18N2O7. The van der Waals surface area contributed by atoms with Crippen LogP contribution in [0.4, 0.5) is 5.69 Å². The topological polar surface area (TPSA) is 109 Å². The fourth-order valence-electron chi connectivity index (χ4n) is 3.81. The smallest absolute Gasteiger partial charge is 0.364 e. The van der Waals surface area contributed by atoms with Gasteiger partial charge in [0.25, 0.3) is 5.69 Å². The Morgan fingerprint density at radius 3 is 2.46 bits per heavy atom. The number of methoxy groups -OCH3 is 2. The van der Waals surface area contributed by atoms with E-state index in [9.17, 15) is 14.9 Å². The number of carbonyl (C=O) groups excluding carboxylic acids is 1. The molecule has 0 radical (unpaired) electrons. The molecule has 0 fully saturated rings. The first-order valence-corrected chi connectivity index (χ1v) is 10.5. The molecule has 0 aliphatic carbocycles. The van der Waals surface area contributed by atoms with E-state index < -0.39 is 10.9 Å². The quantitative estimate of drug-likeness (QED) is 0.229. The summed E-state index contributed by atoms with van der Waals surface area (Å²) in [6.07, 6.45) is 1.71. The number of rotatable bonds is 5. The largest absolute Gasteiger partial charge is 0.493 e. The highest BCUT2D eigenvalue weighted by Gasteiger charge is 2.31. The zero-order valence-electron chi connectivity index (χ0n) is 18.7. The zero-order chi connectivity index (χ0) is 24.5. The van der Waals surface area contributed by atoms with Gasteiger partial charge in [-0.05, 0) is 36.4 Å². The highest BCUT2D eigenvalue weighted by atomic mass is 16.6. The summed E-state index contributed by atoms with van der Waals surface area (Å²) in [6.45, 7) is 0. The van der Waals surface area contributed by atoms with Crippen LogP contribution in [0.3, 0.4) is 0 Å². The maximum atomic E-state index is 12.9. The molecule has 9 nitrogen and oxygen atoms in total. The van der Waals surface area contributed by atoms with E-state index in [0.717, 1.165) is 0 Å². The Labute approximate surface area is 199 Å². The second-order valence-corrected chi connectivity index (χ2v) is 7.55. The van der Waals surface area contributed by atoms with Gasteiger partial charge >= 0.3 is 5.97 Å². The number of cyclic esters (lactones) is 1. The molecule has 0 bridgehead atoms. The van der Waals surface area contributed by atoms with Crippen LogP contribution in [0.25, 0.3) is 11.3 Å². The van der Waals surface area contributed by atoms with E-state index in [1.807, 2.05) is 24.3 Å². The lowest BCUT2D eigenvalue weighted by atomic mass is 9.97. The lowest BCUT2D eigenvalue weighted by Crippen LogP contribution is -2.08. The number of nitrogens with zero attached hydrogens (tertiary/aromatic N) is 2. The number of nitro benzene ring substituents is 1. The second-order valence-electron chi connectivity index (χ2n) is 7.55. The number of non-ortho nitro benzene ring substituents is 1. The molecule has 0 saturated heterocycles. The van der Waals surface area contributed by atoms with Crippen molar-refractivity contribution in [2.24, 2.45) is 4.99 Å². The van der Waals surface area contributed by atoms with Crippen molar-refractivity contribution in [3.63, 3.8) is 0 Å². The number of para-hydroxylation sites is 1. The molecule has 3 aromatic carbocycles. The van der Waals surface area contributed by atoms with Crippen LogP contribution in [-0.4, -0.2) is 31.0 Å². The van der Waals surface area contributed by atoms with Crippen molar-refractivity contribution in [1.29, 1.82) is 0 Å². The monoisotopic (exact) mass is 470 g/mol. The Morgan fingerprint density at radius 1 is 0.886 bits per heavy atom. The van der Waals surface area contributed by atoms with Crippen LogP contribution >= 0.6 is 0 Å². The third-order valence-corrected chi connectivity index (χ3v) is 5.50. The summed E-state index contributed by atoms with van der Waals surface area (Å²) >= 11 is 0. The lowest BCUT2D eigenvalue weighted by molar-refractivity contribution is -0.384. The van der Waals surface area contributed by atoms with Crippen molar-refractivity contribution in [2.45, 2.75) is 0 Å². The number of benzene rings is 3. The first-order chi connectivity index (χ1) is 17.0. The van der Waals surface area contributed by atoms with Gasteiger partial charge in [-0.25, -0.2) is 9.79 Å². The minimum Gasteiger partial charge on any atom is -0.493 e. The third kappa shape index (κ3) is 3.99. The predicted molar refractivity (Wildman–Crippen MR) is 127 cm³/mol. The van der Waals surface area contributed by atoms with Crippen LogP contribution in [0.1, 0.15) is 16.7 Å². The van der Waals surface area contributed by atoms with Gasteiger partial charge in [0, 0.05) is 34.4 Å². The normalized spacial score (nSPS) is 16.5. The second kappa shape index (κ2) is 8.79. The lowest BCUT2D eigenvalue weighted by Gasteiger charge is -2.21. The molecule has 0 amide bonds. The Morgan fingerprint density at radius 2 is 1.69 bits per heavy atom. The van der Waals surface area contributed by atoms with Gasteiger partial charge in [0.15, 0.2) is 17.2 Å². The summed E-state index contributed by atoms with van der Waals surface area (Å²) < 4.78 is 22.2. The first kappa shape index (κ1) is 21.9. The van der Waals surface area contributed by atoms with E-state index in [1.165, 1.54) is 18.2 Å². The number of allylic oxidation sites excluding steroid dienone is 2. The van der Waals surface area contributed by atoms with Crippen LogP contribution in [-0.2, 0) is 9.53 Å². The van der Waals surface area contributed by atoms with Crippen LogP contribution in [0.2, 0.25) is 0 Å². The fraction of sp³-hybridized carbons (Fsp3) is 0.0769. The summed E-state index contributed by atoms with van der Waals surface area (Å²) in [6, 6.07) is 18.3. The van der Waals surface area contributed by atoms with E-state index in [1.54, 1.807) is 44.6 Å². The number of esters is 1. The van der Waals surface area contributed by atoms with Crippen molar-refractivity contribution in [3.8, 4) is 17.2 Å². The standard InChI is InChI=1S/C26H18N2O7/c1-32-21-11-10-15(13-23(21)33-2)22-14-19(18-8-3-4-9-20(18)34-22)24-26(29)35-25(27-24)16-6-5-7-17(12-16)28(30)31/h3-14H,1-2H3/b24-19-. The van der Waals surface area contributed by atoms with Gasteiger partial charge in [-0.15, -0.1) is 0 Å². The van der Waals surface area contributed by atoms with Crippen LogP contribution < -0.4 is 14.2 Å². The van der Waals surface area contributed by atoms with E-state index in [0.29, 0.717) is 45.3 Å². The number of fused-ring (bicyclic) bond motifs is 1. The summed E-state index contributed by atoms with van der Waals surface area (Å²) in [7, 11) is 3.09. The molecule has 3 aromatic rings. The van der Waals surface area contributed by atoms with Gasteiger partial charge in [0.05, 0.1) is 19.1 Å². The van der Waals surface area contributed by atoms with Gasteiger partial charge in [-0.3, -0.25) is 10.1 Å². The summed E-state index contributed by atoms with van der Waals surface area (Å²) in [4.78, 5) is 27.9. The van der Waals surface area contributed by atoms with Crippen LogP contribution in [0, 0.1) is 10.1 Å². The average Bonchev–Trinajstić information content (AvgIpc) is 3.29. The molecule has 174 valence electrons. The molecule has 5 rings (SSSR count). The molecule has 35 heavy (non-hydrogen) atoms. The molecule has 2 aliphatic heterocycles. The maximum absolute atomic E-state index is 12.9. The molecule has 9 heteroatoms. The molecule has 0 atom stereocenters. The van der Waals surface area contributed by atoms with Gasteiger partial charge in [-0.1, -0.05) is 24.3 Å². The van der Waals surface area contributed by atoms with Gasteiger partial charge in [-0.2, -0.15) is 0 Å². The summed E-state index contributed by atoms with van der Waals surface area (Å²) in [5, 5.41) is 11.1. The molecule has 2 heterocycles. The summed E-state index contributed by atoms with van der Waals surface area (Å²) in [5.74, 6) is 1.42. The zero-order valence-corrected chi connectivity index (χ0v) is 18.7. The minimum absolute atomic E-state index is 0.00811. The van der Waals surface area contributed by atoms with E-state index in [4.69, 9.17) is 18.9 Å². The van der Waals surface area contributed by atoms with Crippen molar-refractivity contribution in [2.75, 3.05) is 14.2 Å². The summed E-state index contributed by atoms with van der Waals surface area (Å²) in [5.41, 5.74) is 2.13. The highest BCUT2D eigenvalue weighted by Crippen LogP contribution is 2.41. The first-order valence-electron chi connectivity index (χ1n) is 10.5. The van der Waals surface area contributed by atoms with Crippen molar-refractivity contribution in [3.05, 3.63) is 105 Å². The fourth-order valence-corrected chi connectivity index (χ4v) is 3.81. The van der Waals surface area contributed by atoms with Crippen LogP contribution in [0.5, 0.6) is 17.2 Å². The van der Waals surface area contributed by atoms with Crippen molar-refractivity contribution >= 4 is 28.9 Å². The number of hydrogen-bond acceptors (Lipinski definition) is 8. The van der Waals surface area contributed by atoms with E-state index in [-0.39, 0.29) is 17.3 Å². The van der Waals surface area contributed by atoms with Gasteiger partial charge < -0.3 is 18.9 Å². The molecular weight excluding hydrogens is 452 g/mol. The number of nitro groups is 1. The molecule has 0 aromatic heterocycles. The third-order valence-electron chi connectivity index (χ3n) is 5.50. The Balaban J connectivity index is 1.65. The number of ether oxygens (including phenoxy) is 4. The molecule has 0 saturated carbocycles. The van der Waals surface area contributed by atoms with Gasteiger partial charge in [0.2, 0.25) is 5.90 Å². The molecule has 2 aliphatic rings. The van der Waals surface area contributed by atoms with Gasteiger partial charge in [0.1, 0.15) is 11.5 Å². The van der Waals surface area contributed by atoms with Crippen molar-refractivity contribution in [1.82, 2.24) is 0 Å². The molecule has 0 N–H and O–H groups in total. The Kier molecular flexibility index (Phi) is 5.50. The Hall–Kier alpha value is -4.92. The average molecular weight is 470 g/mol. The number of hydrogen-bond donors (Lipinski definition) is 0. The van der Waals surface area contributed by atoms with E-state index in [2.05, 4.69) is 4.99 Å². The SMILES string of the molecule is COc1ccc(C2=C/C(=C3/N=C(c4cccc([N+](=O)[O-])c4)OC3=O)c3ccccc3O2)cc1OC. The highest BCUT2D eigenvalue weighted by molar-refractivity contribution is 6.16. The minimum atomic E-state index is -0.666. The number of aliphatic imine (C=N–C) groups is 1. The van der Waals surface area contributed by atoms with Crippen LogP contribution in [0.15, 0.2) is 83.5 Å². The maximum Gasteiger partial charge on any atom is 0.364 e. The molecule has 0 spiro atoms.